The van der Waals surface area contributed by atoms with E-state index in [-0.39, 0.29) is 11.5 Å². The van der Waals surface area contributed by atoms with Gasteiger partial charge in [0.05, 0.1) is 4.92 Å². The number of nitrogens with zero attached hydrogens (tertiary/aromatic N) is 2. The topological polar surface area (TPSA) is 117 Å². The fraction of sp³-hybridized carbons (Fsp3) is 0. The van der Waals surface area contributed by atoms with E-state index in [9.17, 15) is 10.1 Å². The van der Waals surface area contributed by atoms with Crippen molar-refractivity contribution in [1.29, 1.82) is 5.41 Å². The number of aliphatic imine (C=N–C) groups is 1. The van der Waals surface area contributed by atoms with Crippen molar-refractivity contribution >= 4 is 51.8 Å². The second-order valence-corrected chi connectivity index (χ2v) is 5.29. The molecule has 0 saturated heterocycles. The van der Waals surface area contributed by atoms with Crippen molar-refractivity contribution in [2.75, 3.05) is 5.09 Å². The van der Waals surface area contributed by atoms with Gasteiger partial charge in [-0.15, -0.1) is 0 Å². The number of hydrogen-bond acceptors (Lipinski definition) is 5. The molecule has 100 valence electrons. The van der Waals surface area contributed by atoms with Crippen molar-refractivity contribution in [1.82, 2.24) is 0 Å². The summed E-state index contributed by atoms with van der Waals surface area (Å²) in [6, 6.07) is 4.38. The molecule has 0 fully saturated rings. The van der Waals surface area contributed by atoms with Crippen molar-refractivity contribution in [2.24, 2.45) is 10.7 Å². The van der Waals surface area contributed by atoms with Gasteiger partial charge in [0, 0.05) is 42.2 Å². The Bertz CT molecular complexity index is 547. The van der Waals surface area contributed by atoms with Crippen LogP contribution in [0.2, 0.25) is 0 Å². The van der Waals surface area contributed by atoms with Crippen molar-refractivity contribution < 1.29 is 4.92 Å². The predicted molar refractivity (Wildman–Crippen MR) is 87.7 cm³/mol. The molecule has 1 atom stereocenters. The Balaban J connectivity index is 3.23. The van der Waals surface area contributed by atoms with Crippen LogP contribution in [0.3, 0.4) is 0 Å². The molecule has 7 nitrogen and oxygen atoms in total. The fourth-order valence-corrected chi connectivity index (χ4v) is 2.44. The van der Waals surface area contributed by atoms with E-state index in [1.54, 1.807) is 6.07 Å². The maximum Gasteiger partial charge on any atom is 0.270 e. The van der Waals surface area contributed by atoms with Crippen LogP contribution in [0.1, 0.15) is 5.56 Å². The molecule has 1 aromatic carbocycles. The van der Waals surface area contributed by atoms with E-state index in [0.29, 0.717) is 17.6 Å². The average molecular weight is 391 g/mol. The Hall–Kier alpha value is -1.54. The van der Waals surface area contributed by atoms with Gasteiger partial charge in [0.1, 0.15) is 5.84 Å². The molecular weight excluding hydrogens is 380 g/mol. The SMILES string of the molecule is N=C/C=C\N=C(N)c1cc([N+](=O)[O-])ccc1NPI. The minimum absolute atomic E-state index is 0.0495. The second kappa shape index (κ2) is 7.80. The van der Waals surface area contributed by atoms with Crippen molar-refractivity contribution in [3.8, 4) is 0 Å². The summed E-state index contributed by atoms with van der Waals surface area (Å²) in [7, 11) is 0. The van der Waals surface area contributed by atoms with Gasteiger partial charge >= 0.3 is 0 Å². The van der Waals surface area contributed by atoms with Gasteiger partial charge in [-0.05, 0) is 34.2 Å². The highest BCUT2D eigenvalue weighted by Crippen LogP contribution is 2.29. The van der Waals surface area contributed by atoms with Gasteiger partial charge in [-0.1, -0.05) is 0 Å². The molecule has 0 aliphatic rings. The highest BCUT2D eigenvalue weighted by Gasteiger charge is 2.12. The lowest BCUT2D eigenvalue weighted by atomic mass is 10.1. The lowest BCUT2D eigenvalue weighted by Crippen LogP contribution is -2.14. The van der Waals surface area contributed by atoms with Crippen molar-refractivity contribution in [3.63, 3.8) is 0 Å². The number of amidine groups is 1. The Labute approximate surface area is 124 Å². The van der Waals surface area contributed by atoms with E-state index >= 15 is 0 Å². The molecule has 0 aromatic heterocycles. The van der Waals surface area contributed by atoms with Crippen LogP contribution < -0.4 is 10.8 Å². The molecule has 19 heavy (non-hydrogen) atoms. The van der Waals surface area contributed by atoms with Crippen LogP contribution in [0.25, 0.3) is 0 Å². The normalized spacial score (nSPS) is 12.2. The standard InChI is InChI=1S/C10H11IN5O2P/c11-19-15-9-3-2-7(16(17)18)6-8(9)10(13)14-5-1-4-12/h1-6,12,15,19H,(H2,13,14)/b5-1-,12-4?. The van der Waals surface area contributed by atoms with Crippen molar-refractivity contribution in [3.05, 3.63) is 46.2 Å². The van der Waals surface area contributed by atoms with Crippen LogP contribution in [0.4, 0.5) is 11.4 Å². The lowest BCUT2D eigenvalue weighted by molar-refractivity contribution is -0.384. The molecule has 1 rings (SSSR count). The Morgan fingerprint density at radius 2 is 2.37 bits per heavy atom. The first-order valence-corrected chi connectivity index (χ1v) is 9.11. The summed E-state index contributed by atoms with van der Waals surface area (Å²) < 4.78 is 0. The van der Waals surface area contributed by atoms with Gasteiger partial charge in [-0.25, -0.2) is 4.99 Å². The van der Waals surface area contributed by atoms with Gasteiger partial charge in [0.15, 0.2) is 0 Å². The zero-order chi connectivity index (χ0) is 14.3. The van der Waals surface area contributed by atoms with Gasteiger partial charge < -0.3 is 16.2 Å². The van der Waals surface area contributed by atoms with Gasteiger partial charge in [0.25, 0.3) is 5.69 Å². The molecule has 0 heterocycles. The molecule has 0 bridgehead atoms. The molecule has 1 unspecified atom stereocenters. The number of anilines is 1. The summed E-state index contributed by atoms with van der Waals surface area (Å²) in [6.45, 7) is 0. The second-order valence-electron chi connectivity index (χ2n) is 3.23. The highest BCUT2D eigenvalue weighted by atomic mass is 127. The van der Waals surface area contributed by atoms with Crippen LogP contribution in [-0.4, -0.2) is 17.0 Å². The zero-order valence-electron chi connectivity index (χ0n) is 9.63. The number of nitro groups is 1. The number of benzene rings is 1. The first-order valence-electron chi connectivity index (χ1n) is 4.99. The maximum absolute atomic E-state index is 10.8. The third kappa shape index (κ3) is 4.56. The fourth-order valence-electron chi connectivity index (χ4n) is 1.25. The summed E-state index contributed by atoms with van der Waals surface area (Å²) in [6.07, 6.45) is 4.23. The molecule has 0 saturated carbocycles. The van der Waals surface area contributed by atoms with E-state index in [1.165, 1.54) is 24.4 Å². The smallest absolute Gasteiger partial charge is 0.270 e. The number of nitrogens with two attached hydrogens (primary N) is 1. The number of nitrogens with one attached hydrogen (secondary N) is 2. The summed E-state index contributed by atoms with van der Waals surface area (Å²) in [5.74, 6) is 0.152. The van der Waals surface area contributed by atoms with Gasteiger partial charge in [0.2, 0.25) is 0 Å². The number of halogens is 1. The minimum atomic E-state index is -0.486. The Morgan fingerprint density at radius 1 is 1.63 bits per heavy atom. The number of rotatable bonds is 6. The third-order valence-corrected chi connectivity index (χ3v) is 3.24. The molecule has 0 aliphatic heterocycles. The van der Waals surface area contributed by atoms with Crippen LogP contribution >= 0.6 is 28.4 Å². The van der Waals surface area contributed by atoms with E-state index in [4.69, 9.17) is 11.1 Å². The van der Waals surface area contributed by atoms with Crippen LogP contribution in [0.15, 0.2) is 35.5 Å². The van der Waals surface area contributed by atoms with E-state index in [2.05, 4.69) is 32.1 Å². The summed E-state index contributed by atoms with van der Waals surface area (Å²) >= 11 is 2.15. The molecule has 0 aliphatic carbocycles. The summed E-state index contributed by atoms with van der Waals surface area (Å²) in [4.78, 5) is 14.2. The first kappa shape index (κ1) is 15.5. The van der Waals surface area contributed by atoms with Crippen LogP contribution in [0.5, 0.6) is 0 Å². The maximum atomic E-state index is 10.8. The highest BCUT2D eigenvalue weighted by molar-refractivity contribution is 14.2. The van der Waals surface area contributed by atoms with Crippen LogP contribution in [-0.2, 0) is 0 Å². The lowest BCUT2D eigenvalue weighted by Gasteiger charge is -2.08. The van der Waals surface area contributed by atoms with Crippen LogP contribution in [0, 0.1) is 15.5 Å². The molecule has 0 radical (unpaired) electrons. The van der Waals surface area contributed by atoms with Gasteiger partial charge in [-0.2, -0.15) is 0 Å². The van der Waals surface area contributed by atoms with Crippen molar-refractivity contribution in [2.45, 2.75) is 0 Å². The number of hydrogen-bond donors (Lipinski definition) is 3. The number of non-ortho nitro benzene ring substituents is 1. The predicted octanol–water partition coefficient (Wildman–Crippen LogP) is 2.82. The molecule has 9 heteroatoms. The van der Waals surface area contributed by atoms with E-state index < -0.39 is 4.92 Å². The molecule has 1 aromatic rings. The minimum Gasteiger partial charge on any atom is -0.383 e. The molecule has 0 spiro atoms. The molecule has 4 N–H and O–H groups in total. The van der Waals surface area contributed by atoms with E-state index in [0.717, 1.165) is 6.21 Å². The quantitative estimate of drug-likeness (QED) is 0.173. The van der Waals surface area contributed by atoms with Gasteiger partial charge in [-0.3, -0.25) is 10.1 Å². The molecular formula is C10H11IN5O2P. The largest absolute Gasteiger partial charge is 0.383 e. The Morgan fingerprint density at radius 3 is 2.95 bits per heavy atom. The summed E-state index contributed by atoms with van der Waals surface area (Å²) in [5, 5.41) is 20.7. The molecule has 0 amide bonds. The number of allylic oxidation sites excluding steroid dienone is 1. The average Bonchev–Trinajstić information content (AvgIpc) is 2.39. The monoisotopic (exact) mass is 391 g/mol. The summed E-state index contributed by atoms with van der Waals surface area (Å²) in [5.41, 5.74) is 6.90. The third-order valence-electron chi connectivity index (χ3n) is 2.07. The number of nitro benzene ring substituents is 1. The zero-order valence-corrected chi connectivity index (χ0v) is 12.8. The Kier molecular flexibility index (Phi) is 6.37. The van der Waals surface area contributed by atoms with E-state index in [1.807, 2.05) is 0 Å². The first-order chi connectivity index (χ1) is 9.10.